The van der Waals surface area contributed by atoms with Crippen LogP contribution in [0.25, 0.3) is 0 Å². The van der Waals surface area contributed by atoms with Crippen LogP contribution in [0.15, 0.2) is 0 Å². The lowest BCUT2D eigenvalue weighted by atomic mass is 9.89. The Morgan fingerprint density at radius 3 is 2.55 bits per heavy atom. The highest BCUT2D eigenvalue weighted by Crippen LogP contribution is 2.16. The fourth-order valence-corrected chi connectivity index (χ4v) is 1.70. The van der Waals surface area contributed by atoms with Crippen LogP contribution >= 0.6 is 0 Å². The van der Waals surface area contributed by atoms with Crippen LogP contribution in [0.2, 0.25) is 0 Å². The Kier molecular flexibility index (Phi) is 3.83. The third-order valence-corrected chi connectivity index (χ3v) is 2.49. The first-order valence-electron chi connectivity index (χ1n) is 4.51. The normalized spacial score (nSPS) is 23.5. The average molecular weight is 157 g/mol. The largest absolute Gasteiger partial charge is 0.330 e. The molecule has 0 amide bonds. The van der Waals surface area contributed by atoms with Crippen LogP contribution in [0.4, 0.5) is 0 Å². The molecule has 3 nitrogen and oxygen atoms in total. The predicted molar refractivity (Wildman–Crippen MR) is 47.2 cm³/mol. The predicted octanol–water partition coefficient (Wildman–Crippen LogP) is -0.338. The minimum absolute atomic E-state index is 0.335. The Balaban J connectivity index is 2.21. The Labute approximate surface area is 68.5 Å². The molecule has 1 fully saturated rings. The molecule has 1 saturated heterocycles. The van der Waals surface area contributed by atoms with Crippen molar-refractivity contribution in [3.63, 3.8) is 0 Å². The molecule has 1 aliphatic heterocycles. The summed E-state index contributed by atoms with van der Waals surface area (Å²) in [7, 11) is 0. The third-order valence-electron chi connectivity index (χ3n) is 2.49. The van der Waals surface area contributed by atoms with Gasteiger partial charge in [-0.1, -0.05) is 0 Å². The van der Waals surface area contributed by atoms with Gasteiger partial charge in [-0.15, -0.1) is 0 Å². The van der Waals surface area contributed by atoms with Crippen molar-refractivity contribution in [3.8, 4) is 0 Å². The van der Waals surface area contributed by atoms with Crippen molar-refractivity contribution < 1.29 is 0 Å². The number of nitrogens with one attached hydrogen (secondary N) is 1. The monoisotopic (exact) mass is 157 g/mol. The van der Waals surface area contributed by atoms with Crippen molar-refractivity contribution in [2.24, 2.45) is 17.4 Å². The molecule has 66 valence electrons. The minimum Gasteiger partial charge on any atom is -0.330 e. The summed E-state index contributed by atoms with van der Waals surface area (Å²) in [6, 6.07) is 0.335. The maximum absolute atomic E-state index is 5.95. The topological polar surface area (TPSA) is 64.1 Å². The maximum atomic E-state index is 5.95. The van der Waals surface area contributed by atoms with E-state index >= 15 is 0 Å². The zero-order chi connectivity index (χ0) is 8.10. The highest BCUT2D eigenvalue weighted by Gasteiger charge is 2.18. The smallest absolute Gasteiger partial charge is 0.00801 e. The molecule has 0 aromatic rings. The van der Waals surface area contributed by atoms with Gasteiger partial charge in [-0.25, -0.2) is 0 Å². The van der Waals surface area contributed by atoms with E-state index in [1.807, 2.05) is 0 Å². The first kappa shape index (κ1) is 8.97. The number of hydrogen-bond acceptors (Lipinski definition) is 3. The molecule has 0 aromatic carbocycles. The van der Waals surface area contributed by atoms with Crippen molar-refractivity contribution in [2.45, 2.75) is 25.3 Å². The van der Waals surface area contributed by atoms with Crippen LogP contribution in [0, 0.1) is 5.92 Å². The van der Waals surface area contributed by atoms with Crippen molar-refractivity contribution in [1.29, 1.82) is 0 Å². The second-order valence-corrected chi connectivity index (χ2v) is 3.33. The minimum atomic E-state index is 0.335. The van der Waals surface area contributed by atoms with Gasteiger partial charge in [0.2, 0.25) is 0 Å². The molecule has 1 atom stereocenters. The van der Waals surface area contributed by atoms with Gasteiger partial charge in [-0.3, -0.25) is 0 Å². The second-order valence-electron chi connectivity index (χ2n) is 3.33. The summed E-state index contributed by atoms with van der Waals surface area (Å²) in [4.78, 5) is 0. The zero-order valence-corrected chi connectivity index (χ0v) is 7.05. The van der Waals surface area contributed by atoms with Gasteiger partial charge in [-0.2, -0.15) is 0 Å². The fraction of sp³-hybridized carbons (Fsp3) is 1.00. The number of piperidine rings is 1. The van der Waals surface area contributed by atoms with E-state index in [1.54, 1.807) is 0 Å². The quantitative estimate of drug-likeness (QED) is 0.525. The average Bonchev–Trinajstić information content (AvgIpc) is 2.07. The first-order chi connectivity index (χ1) is 5.34. The summed E-state index contributed by atoms with van der Waals surface area (Å²) in [5.74, 6) is 0.708. The molecule has 0 aromatic heterocycles. The molecule has 5 N–H and O–H groups in total. The SMILES string of the molecule is NCCC(N)C1CCNCC1. The molecule has 0 saturated carbocycles. The van der Waals surface area contributed by atoms with Crippen LogP contribution < -0.4 is 16.8 Å². The van der Waals surface area contributed by atoms with E-state index in [1.165, 1.54) is 12.8 Å². The third kappa shape index (κ3) is 2.77. The molecular weight excluding hydrogens is 138 g/mol. The summed E-state index contributed by atoms with van der Waals surface area (Å²) in [6.07, 6.45) is 3.42. The van der Waals surface area contributed by atoms with Crippen molar-refractivity contribution in [3.05, 3.63) is 0 Å². The Morgan fingerprint density at radius 2 is 2.00 bits per heavy atom. The van der Waals surface area contributed by atoms with E-state index in [2.05, 4.69) is 5.32 Å². The Morgan fingerprint density at radius 1 is 1.36 bits per heavy atom. The number of rotatable bonds is 3. The fourth-order valence-electron chi connectivity index (χ4n) is 1.70. The molecule has 0 aliphatic carbocycles. The molecular formula is C8H19N3. The van der Waals surface area contributed by atoms with E-state index in [0.717, 1.165) is 26.1 Å². The molecule has 0 spiro atoms. The van der Waals surface area contributed by atoms with E-state index < -0.39 is 0 Å². The van der Waals surface area contributed by atoms with Gasteiger partial charge in [0, 0.05) is 6.04 Å². The van der Waals surface area contributed by atoms with Gasteiger partial charge in [-0.05, 0) is 44.8 Å². The molecule has 1 heterocycles. The standard InChI is InChI=1S/C8H19N3/c9-4-1-8(10)7-2-5-11-6-3-7/h7-8,11H,1-6,9-10H2. The molecule has 0 radical (unpaired) electrons. The Hall–Kier alpha value is -0.120. The van der Waals surface area contributed by atoms with Crippen LogP contribution in [0.5, 0.6) is 0 Å². The van der Waals surface area contributed by atoms with E-state index in [-0.39, 0.29) is 0 Å². The lowest BCUT2D eigenvalue weighted by Crippen LogP contribution is -2.39. The van der Waals surface area contributed by atoms with Crippen molar-refractivity contribution >= 4 is 0 Å². The van der Waals surface area contributed by atoms with Gasteiger partial charge in [0.25, 0.3) is 0 Å². The zero-order valence-electron chi connectivity index (χ0n) is 7.05. The second kappa shape index (κ2) is 4.70. The van der Waals surface area contributed by atoms with Crippen LogP contribution in [0.3, 0.4) is 0 Å². The molecule has 0 bridgehead atoms. The summed E-state index contributed by atoms with van der Waals surface area (Å²) < 4.78 is 0. The lowest BCUT2D eigenvalue weighted by Gasteiger charge is -2.27. The molecule has 1 unspecified atom stereocenters. The summed E-state index contributed by atoms with van der Waals surface area (Å²) in [6.45, 7) is 2.98. The van der Waals surface area contributed by atoms with Crippen molar-refractivity contribution in [1.82, 2.24) is 5.32 Å². The van der Waals surface area contributed by atoms with E-state index in [4.69, 9.17) is 11.5 Å². The van der Waals surface area contributed by atoms with Crippen LogP contribution in [0.1, 0.15) is 19.3 Å². The van der Waals surface area contributed by atoms with Gasteiger partial charge in [0.1, 0.15) is 0 Å². The summed E-state index contributed by atoms with van der Waals surface area (Å²) in [5, 5.41) is 3.32. The van der Waals surface area contributed by atoms with Gasteiger partial charge in [0.15, 0.2) is 0 Å². The number of nitrogens with two attached hydrogens (primary N) is 2. The lowest BCUT2D eigenvalue weighted by molar-refractivity contribution is 0.309. The molecule has 11 heavy (non-hydrogen) atoms. The highest BCUT2D eigenvalue weighted by atomic mass is 14.9. The first-order valence-corrected chi connectivity index (χ1v) is 4.51. The summed E-state index contributed by atoms with van der Waals surface area (Å²) in [5.41, 5.74) is 11.4. The maximum Gasteiger partial charge on any atom is 0.00801 e. The van der Waals surface area contributed by atoms with Gasteiger partial charge in [0.05, 0.1) is 0 Å². The molecule has 3 heteroatoms. The van der Waals surface area contributed by atoms with Crippen molar-refractivity contribution in [2.75, 3.05) is 19.6 Å². The molecule has 1 rings (SSSR count). The summed E-state index contributed by atoms with van der Waals surface area (Å²) >= 11 is 0. The van der Waals surface area contributed by atoms with E-state index in [0.29, 0.717) is 12.0 Å². The van der Waals surface area contributed by atoms with E-state index in [9.17, 15) is 0 Å². The van der Waals surface area contributed by atoms with Crippen LogP contribution in [-0.2, 0) is 0 Å². The molecule has 1 aliphatic rings. The van der Waals surface area contributed by atoms with Gasteiger partial charge < -0.3 is 16.8 Å². The van der Waals surface area contributed by atoms with Crippen LogP contribution in [-0.4, -0.2) is 25.7 Å². The highest BCUT2D eigenvalue weighted by molar-refractivity contribution is 4.78. The number of hydrogen-bond donors (Lipinski definition) is 3. The Bertz CT molecular complexity index is 99.5. The van der Waals surface area contributed by atoms with Gasteiger partial charge >= 0.3 is 0 Å².